The van der Waals surface area contributed by atoms with Gasteiger partial charge < -0.3 is 10.5 Å². The second-order valence-corrected chi connectivity index (χ2v) is 2.72. The van der Waals surface area contributed by atoms with Crippen LogP contribution in [-0.4, -0.2) is 13.2 Å². The number of nitriles is 1. The van der Waals surface area contributed by atoms with Gasteiger partial charge in [-0.05, 0) is 5.56 Å². The van der Waals surface area contributed by atoms with Gasteiger partial charge in [-0.25, -0.2) is 0 Å². The Morgan fingerprint density at radius 2 is 2.00 bits per heavy atom. The lowest BCUT2D eigenvalue weighted by Crippen LogP contribution is -2.27. The van der Waals surface area contributed by atoms with E-state index in [1.807, 2.05) is 36.4 Å². The van der Waals surface area contributed by atoms with E-state index in [-0.39, 0.29) is 6.10 Å². The Bertz CT molecular complexity index is 292. The minimum atomic E-state index is -0.618. The second-order valence-electron chi connectivity index (χ2n) is 2.72. The molecule has 0 aromatic heterocycles. The van der Waals surface area contributed by atoms with E-state index >= 15 is 0 Å². The third-order valence-electron chi connectivity index (χ3n) is 1.86. The van der Waals surface area contributed by atoms with E-state index in [0.29, 0.717) is 0 Å². The van der Waals surface area contributed by atoms with Crippen LogP contribution in [0.15, 0.2) is 30.3 Å². The maximum atomic E-state index is 8.64. The van der Waals surface area contributed by atoms with Gasteiger partial charge in [-0.2, -0.15) is 5.26 Å². The van der Waals surface area contributed by atoms with E-state index in [0.717, 1.165) is 5.56 Å². The molecule has 1 aromatic rings. The fraction of sp³-hybridized carbons (Fsp3) is 0.300. The van der Waals surface area contributed by atoms with Crippen LogP contribution in [0.4, 0.5) is 0 Å². The van der Waals surface area contributed by atoms with Crippen molar-refractivity contribution in [1.29, 1.82) is 5.26 Å². The fourth-order valence-corrected chi connectivity index (χ4v) is 1.20. The van der Waals surface area contributed by atoms with Crippen molar-refractivity contribution in [2.75, 3.05) is 7.11 Å². The van der Waals surface area contributed by atoms with E-state index in [9.17, 15) is 0 Å². The van der Waals surface area contributed by atoms with Crippen molar-refractivity contribution >= 4 is 0 Å². The summed E-state index contributed by atoms with van der Waals surface area (Å²) in [7, 11) is 1.55. The number of ether oxygens (including phenoxy) is 1. The van der Waals surface area contributed by atoms with E-state index in [4.69, 9.17) is 15.7 Å². The van der Waals surface area contributed by atoms with Gasteiger partial charge in [0, 0.05) is 7.11 Å². The van der Waals surface area contributed by atoms with E-state index < -0.39 is 6.04 Å². The Hall–Kier alpha value is -1.37. The van der Waals surface area contributed by atoms with Crippen molar-refractivity contribution in [3.8, 4) is 6.07 Å². The molecule has 0 saturated carbocycles. The predicted octanol–water partition coefficient (Wildman–Crippen LogP) is 1.22. The minimum Gasteiger partial charge on any atom is -0.374 e. The van der Waals surface area contributed by atoms with Crippen LogP contribution in [0, 0.1) is 11.3 Å². The van der Waals surface area contributed by atoms with Gasteiger partial charge in [-0.3, -0.25) is 0 Å². The largest absolute Gasteiger partial charge is 0.374 e. The van der Waals surface area contributed by atoms with Gasteiger partial charge >= 0.3 is 0 Å². The summed E-state index contributed by atoms with van der Waals surface area (Å²) in [6.07, 6.45) is -0.341. The molecule has 0 spiro atoms. The number of nitrogens with two attached hydrogens (primary N) is 1. The first-order valence-electron chi connectivity index (χ1n) is 4.02. The van der Waals surface area contributed by atoms with Crippen LogP contribution in [0.1, 0.15) is 11.7 Å². The summed E-state index contributed by atoms with van der Waals surface area (Å²) in [5.41, 5.74) is 6.50. The standard InChI is InChI=1S/C10H12N2O/c1-13-10(9(12)7-11)8-5-3-2-4-6-8/h2-6,9-10H,12H2,1H3. The topological polar surface area (TPSA) is 59.0 Å². The van der Waals surface area contributed by atoms with Gasteiger partial charge in [0.05, 0.1) is 6.07 Å². The Morgan fingerprint density at radius 1 is 1.38 bits per heavy atom. The highest BCUT2D eigenvalue weighted by molar-refractivity contribution is 5.21. The molecule has 2 atom stereocenters. The van der Waals surface area contributed by atoms with Gasteiger partial charge in [0.2, 0.25) is 0 Å². The summed E-state index contributed by atoms with van der Waals surface area (Å²) < 4.78 is 5.14. The molecular formula is C10H12N2O. The maximum Gasteiger partial charge on any atom is 0.123 e. The summed E-state index contributed by atoms with van der Waals surface area (Å²) in [5, 5.41) is 8.64. The molecule has 0 radical (unpaired) electrons. The highest BCUT2D eigenvalue weighted by atomic mass is 16.5. The molecule has 68 valence electrons. The molecule has 0 aliphatic rings. The second kappa shape index (κ2) is 4.61. The monoisotopic (exact) mass is 176 g/mol. The number of hydrogen-bond acceptors (Lipinski definition) is 3. The SMILES string of the molecule is COC(c1ccccc1)C(N)C#N. The average molecular weight is 176 g/mol. The van der Waals surface area contributed by atoms with Crippen LogP contribution in [0.5, 0.6) is 0 Å². The van der Waals surface area contributed by atoms with Crippen LogP contribution in [-0.2, 0) is 4.74 Å². The highest BCUT2D eigenvalue weighted by Gasteiger charge is 2.17. The summed E-state index contributed by atoms with van der Waals surface area (Å²) in [5.74, 6) is 0. The Labute approximate surface area is 77.7 Å². The molecule has 0 aliphatic heterocycles. The summed E-state index contributed by atoms with van der Waals surface area (Å²) in [4.78, 5) is 0. The zero-order chi connectivity index (χ0) is 9.68. The number of nitrogens with zero attached hydrogens (tertiary/aromatic N) is 1. The third-order valence-corrected chi connectivity index (χ3v) is 1.86. The zero-order valence-electron chi connectivity index (χ0n) is 7.47. The molecule has 2 unspecified atom stereocenters. The summed E-state index contributed by atoms with van der Waals surface area (Å²) >= 11 is 0. The van der Waals surface area contributed by atoms with Gasteiger partial charge in [0.15, 0.2) is 0 Å². The molecule has 0 heterocycles. The van der Waals surface area contributed by atoms with Gasteiger partial charge in [0.1, 0.15) is 12.1 Å². The van der Waals surface area contributed by atoms with Crippen LogP contribution in [0.25, 0.3) is 0 Å². The minimum absolute atomic E-state index is 0.341. The number of benzene rings is 1. The van der Waals surface area contributed by atoms with Crippen molar-refractivity contribution in [1.82, 2.24) is 0 Å². The van der Waals surface area contributed by atoms with Gasteiger partial charge in [0.25, 0.3) is 0 Å². The quantitative estimate of drug-likeness (QED) is 0.753. The maximum absolute atomic E-state index is 8.64. The molecule has 13 heavy (non-hydrogen) atoms. The molecule has 1 rings (SSSR count). The summed E-state index contributed by atoms with van der Waals surface area (Å²) in [6.45, 7) is 0. The third kappa shape index (κ3) is 2.28. The van der Waals surface area contributed by atoms with Crippen LogP contribution < -0.4 is 5.73 Å². The normalized spacial score (nSPS) is 14.5. The summed E-state index contributed by atoms with van der Waals surface area (Å²) in [6, 6.07) is 10.8. The van der Waals surface area contributed by atoms with Crippen LogP contribution in [0.3, 0.4) is 0 Å². The van der Waals surface area contributed by atoms with Crippen molar-refractivity contribution in [3.05, 3.63) is 35.9 Å². The molecule has 0 bridgehead atoms. The zero-order valence-corrected chi connectivity index (χ0v) is 7.47. The van der Waals surface area contributed by atoms with E-state index in [1.165, 1.54) is 0 Å². The lowest BCUT2D eigenvalue weighted by Gasteiger charge is -2.17. The molecule has 0 aliphatic carbocycles. The van der Waals surface area contributed by atoms with Crippen molar-refractivity contribution in [2.45, 2.75) is 12.1 Å². The molecule has 3 heteroatoms. The first-order valence-corrected chi connectivity index (χ1v) is 4.02. The predicted molar refractivity (Wildman–Crippen MR) is 49.8 cm³/mol. The highest BCUT2D eigenvalue weighted by Crippen LogP contribution is 2.18. The molecule has 2 N–H and O–H groups in total. The molecule has 1 aromatic carbocycles. The first kappa shape index (κ1) is 9.72. The molecular weight excluding hydrogens is 164 g/mol. The number of hydrogen-bond donors (Lipinski definition) is 1. The van der Waals surface area contributed by atoms with Crippen molar-refractivity contribution in [3.63, 3.8) is 0 Å². The molecule has 0 amide bonds. The fourth-order valence-electron chi connectivity index (χ4n) is 1.20. The number of methoxy groups -OCH3 is 1. The Morgan fingerprint density at radius 3 is 2.46 bits per heavy atom. The lowest BCUT2D eigenvalue weighted by molar-refractivity contribution is 0.0943. The number of rotatable bonds is 3. The first-order chi connectivity index (χ1) is 6.29. The van der Waals surface area contributed by atoms with Crippen molar-refractivity contribution in [2.24, 2.45) is 5.73 Å². The van der Waals surface area contributed by atoms with Crippen LogP contribution in [0.2, 0.25) is 0 Å². The van der Waals surface area contributed by atoms with E-state index in [2.05, 4.69) is 0 Å². The molecule has 0 fully saturated rings. The van der Waals surface area contributed by atoms with Crippen LogP contribution >= 0.6 is 0 Å². The Kier molecular flexibility index (Phi) is 3.44. The van der Waals surface area contributed by atoms with Gasteiger partial charge in [-0.15, -0.1) is 0 Å². The smallest absolute Gasteiger partial charge is 0.123 e. The van der Waals surface area contributed by atoms with E-state index in [1.54, 1.807) is 7.11 Å². The van der Waals surface area contributed by atoms with Gasteiger partial charge in [-0.1, -0.05) is 30.3 Å². The molecule has 0 saturated heterocycles. The molecule has 3 nitrogen and oxygen atoms in total. The Balaban J connectivity index is 2.86. The lowest BCUT2D eigenvalue weighted by atomic mass is 10.0. The van der Waals surface area contributed by atoms with Crippen molar-refractivity contribution < 1.29 is 4.74 Å². The average Bonchev–Trinajstić information content (AvgIpc) is 2.20.